The van der Waals surface area contributed by atoms with Crippen LogP contribution in [0.1, 0.15) is 34.0 Å². The molecule has 0 saturated heterocycles. The third-order valence-electron chi connectivity index (χ3n) is 5.82. The summed E-state index contributed by atoms with van der Waals surface area (Å²) in [6.07, 6.45) is 4.66. The number of hydrogen-bond acceptors (Lipinski definition) is 3. The Labute approximate surface area is 164 Å². The average molecular weight is 367 g/mol. The molecule has 0 fully saturated rings. The highest BCUT2D eigenvalue weighted by Gasteiger charge is 2.20. The standard InChI is InChI=1S/C25H21NO2/c1-3-19-15(2)12-18-13-16(14-27)4-5-20(18)24(19)21-6-7-22-23-17(9-11-28-22)8-10-26-25(21)23/h4-8,10,12-14H,3,9,11H2,1-2H3. The summed E-state index contributed by atoms with van der Waals surface area (Å²) in [7, 11) is 0. The topological polar surface area (TPSA) is 39.2 Å². The minimum absolute atomic E-state index is 0.700. The predicted molar refractivity (Wildman–Crippen MR) is 113 cm³/mol. The van der Waals surface area contributed by atoms with Crippen molar-refractivity contribution in [1.82, 2.24) is 4.98 Å². The van der Waals surface area contributed by atoms with Gasteiger partial charge in [-0.15, -0.1) is 0 Å². The minimum atomic E-state index is 0.700. The second-order valence-corrected chi connectivity index (χ2v) is 7.40. The van der Waals surface area contributed by atoms with Gasteiger partial charge in [0.1, 0.15) is 12.0 Å². The Balaban J connectivity index is 1.92. The molecule has 5 rings (SSSR count). The molecular weight excluding hydrogens is 346 g/mol. The van der Waals surface area contributed by atoms with Crippen molar-refractivity contribution in [3.63, 3.8) is 0 Å². The van der Waals surface area contributed by atoms with Crippen LogP contribution in [0.15, 0.2) is 48.7 Å². The van der Waals surface area contributed by atoms with Gasteiger partial charge in [0.2, 0.25) is 0 Å². The van der Waals surface area contributed by atoms with Gasteiger partial charge in [0, 0.05) is 29.1 Å². The molecule has 0 N–H and O–H groups in total. The fraction of sp³-hybridized carbons (Fsp3) is 0.200. The molecule has 138 valence electrons. The van der Waals surface area contributed by atoms with Crippen LogP contribution >= 0.6 is 0 Å². The number of rotatable bonds is 3. The maximum absolute atomic E-state index is 11.3. The SMILES string of the molecule is CCc1c(C)cc2cc(C=O)ccc2c1-c1ccc2c3c(ccnc13)CCO2. The van der Waals surface area contributed by atoms with Gasteiger partial charge in [-0.25, -0.2) is 0 Å². The largest absolute Gasteiger partial charge is 0.493 e. The zero-order chi connectivity index (χ0) is 19.3. The Kier molecular flexibility index (Phi) is 3.90. The van der Waals surface area contributed by atoms with E-state index in [-0.39, 0.29) is 0 Å². The van der Waals surface area contributed by atoms with Crippen molar-refractivity contribution < 1.29 is 9.53 Å². The maximum Gasteiger partial charge on any atom is 0.150 e. The third-order valence-corrected chi connectivity index (χ3v) is 5.82. The zero-order valence-corrected chi connectivity index (χ0v) is 16.1. The first-order valence-electron chi connectivity index (χ1n) is 9.76. The van der Waals surface area contributed by atoms with Gasteiger partial charge in [0.25, 0.3) is 0 Å². The number of aldehydes is 1. The number of benzene rings is 3. The molecule has 0 radical (unpaired) electrons. The number of nitrogens with zero attached hydrogens (tertiary/aromatic N) is 1. The van der Waals surface area contributed by atoms with Crippen molar-refractivity contribution in [2.24, 2.45) is 0 Å². The normalized spacial score (nSPS) is 12.9. The van der Waals surface area contributed by atoms with Crippen LogP contribution in [0.3, 0.4) is 0 Å². The number of aryl methyl sites for hydroxylation is 1. The van der Waals surface area contributed by atoms with Crippen LogP contribution in [0, 0.1) is 6.92 Å². The van der Waals surface area contributed by atoms with Crippen molar-refractivity contribution >= 4 is 28.0 Å². The number of aromatic nitrogens is 1. The molecule has 3 heteroatoms. The molecule has 0 aliphatic carbocycles. The van der Waals surface area contributed by atoms with E-state index in [9.17, 15) is 4.79 Å². The lowest BCUT2D eigenvalue weighted by molar-refractivity contribution is 0.112. The van der Waals surface area contributed by atoms with Gasteiger partial charge in [-0.2, -0.15) is 0 Å². The Morgan fingerprint density at radius 2 is 2.04 bits per heavy atom. The first-order valence-corrected chi connectivity index (χ1v) is 9.76. The lowest BCUT2D eigenvalue weighted by atomic mass is 9.86. The number of fused-ring (bicyclic) bond motifs is 1. The molecule has 3 aromatic carbocycles. The Hall–Kier alpha value is -3.20. The second-order valence-electron chi connectivity index (χ2n) is 7.40. The summed E-state index contributed by atoms with van der Waals surface area (Å²) in [5.41, 5.74) is 7.91. The first kappa shape index (κ1) is 16.9. The van der Waals surface area contributed by atoms with Crippen LogP contribution in [-0.4, -0.2) is 17.9 Å². The smallest absolute Gasteiger partial charge is 0.150 e. The van der Waals surface area contributed by atoms with Gasteiger partial charge < -0.3 is 4.74 Å². The van der Waals surface area contributed by atoms with Gasteiger partial charge in [0.15, 0.2) is 0 Å². The van der Waals surface area contributed by atoms with Crippen molar-refractivity contribution in [3.05, 3.63) is 70.9 Å². The highest BCUT2D eigenvalue weighted by atomic mass is 16.5. The molecule has 0 unspecified atom stereocenters. The molecule has 3 nitrogen and oxygen atoms in total. The van der Waals surface area contributed by atoms with E-state index in [0.29, 0.717) is 12.2 Å². The summed E-state index contributed by atoms with van der Waals surface area (Å²) in [4.78, 5) is 16.0. The molecule has 1 aliphatic rings. The van der Waals surface area contributed by atoms with Gasteiger partial charge in [-0.1, -0.05) is 25.1 Å². The molecular formula is C25H21NO2. The van der Waals surface area contributed by atoms with E-state index in [2.05, 4.69) is 44.2 Å². The third kappa shape index (κ3) is 2.43. The summed E-state index contributed by atoms with van der Waals surface area (Å²) in [5, 5.41) is 3.38. The molecule has 0 bridgehead atoms. The van der Waals surface area contributed by atoms with Gasteiger partial charge in [0.05, 0.1) is 12.1 Å². The predicted octanol–water partition coefficient (Wildman–Crippen LogP) is 5.67. The second kappa shape index (κ2) is 6.45. The zero-order valence-electron chi connectivity index (χ0n) is 16.1. The van der Waals surface area contributed by atoms with Crippen LogP contribution in [0.5, 0.6) is 5.75 Å². The van der Waals surface area contributed by atoms with Crippen LogP contribution in [-0.2, 0) is 12.8 Å². The van der Waals surface area contributed by atoms with E-state index in [0.717, 1.165) is 52.1 Å². The van der Waals surface area contributed by atoms with Gasteiger partial charge in [-0.3, -0.25) is 9.78 Å². The molecule has 4 aromatic rings. The van der Waals surface area contributed by atoms with E-state index in [1.54, 1.807) is 0 Å². The fourth-order valence-corrected chi connectivity index (χ4v) is 4.55. The summed E-state index contributed by atoms with van der Waals surface area (Å²) >= 11 is 0. The monoisotopic (exact) mass is 367 g/mol. The Bertz CT molecular complexity index is 1250. The lowest BCUT2D eigenvalue weighted by Crippen LogP contribution is -2.09. The van der Waals surface area contributed by atoms with Crippen molar-refractivity contribution in [3.8, 4) is 16.9 Å². The van der Waals surface area contributed by atoms with Crippen molar-refractivity contribution in [1.29, 1.82) is 0 Å². The summed E-state index contributed by atoms with van der Waals surface area (Å²) < 4.78 is 5.91. The molecule has 1 aliphatic heterocycles. The van der Waals surface area contributed by atoms with E-state index in [4.69, 9.17) is 9.72 Å². The van der Waals surface area contributed by atoms with E-state index >= 15 is 0 Å². The highest BCUT2D eigenvalue weighted by Crippen LogP contribution is 2.42. The summed E-state index contributed by atoms with van der Waals surface area (Å²) in [6, 6.07) is 14.4. The lowest BCUT2D eigenvalue weighted by Gasteiger charge is -2.21. The average Bonchev–Trinajstić information content (AvgIpc) is 2.73. The van der Waals surface area contributed by atoms with Crippen LogP contribution < -0.4 is 4.74 Å². The highest BCUT2D eigenvalue weighted by molar-refractivity contribution is 6.08. The van der Waals surface area contributed by atoms with Crippen LogP contribution in [0.4, 0.5) is 0 Å². The van der Waals surface area contributed by atoms with Crippen molar-refractivity contribution in [2.45, 2.75) is 26.7 Å². The number of hydrogen-bond donors (Lipinski definition) is 0. The van der Waals surface area contributed by atoms with Crippen molar-refractivity contribution in [2.75, 3.05) is 6.61 Å². The van der Waals surface area contributed by atoms with E-state index in [1.807, 2.05) is 18.3 Å². The van der Waals surface area contributed by atoms with Gasteiger partial charge >= 0.3 is 0 Å². The minimum Gasteiger partial charge on any atom is -0.493 e. The molecule has 0 atom stereocenters. The van der Waals surface area contributed by atoms with Crippen LogP contribution in [0.25, 0.3) is 32.8 Å². The number of pyridine rings is 1. The molecule has 1 aromatic heterocycles. The molecule has 28 heavy (non-hydrogen) atoms. The fourth-order valence-electron chi connectivity index (χ4n) is 4.55. The summed E-state index contributed by atoms with van der Waals surface area (Å²) in [6.45, 7) is 5.06. The number of ether oxygens (including phenoxy) is 1. The first-order chi connectivity index (χ1) is 13.7. The van der Waals surface area contributed by atoms with E-state index < -0.39 is 0 Å². The quantitative estimate of drug-likeness (QED) is 0.438. The van der Waals surface area contributed by atoms with Gasteiger partial charge in [-0.05, 0) is 70.6 Å². The molecule has 0 amide bonds. The molecule has 0 spiro atoms. The molecule has 2 heterocycles. The maximum atomic E-state index is 11.3. The Morgan fingerprint density at radius 3 is 2.86 bits per heavy atom. The number of carbonyl (C=O) groups excluding carboxylic acids is 1. The Morgan fingerprint density at radius 1 is 1.14 bits per heavy atom. The molecule has 0 saturated carbocycles. The summed E-state index contributed by atoms with van der Waals surface area (Å²) in [5.74, 6) is 0.923. The van der Waals surface area contributed by atoms with Crippen LogP contribution in [0.2, 0.25) is 0 Å². The number of carbonyl (C=O) groups is 1. The van der Waals surface area contributed by atoms with E-state index in [1.165, 1.54) is 22.3 Å².